The summed E-state index contributed by atoms with van der Waals surface area (Å²) in [6, 6.07) is 15.4. The van der Waals surface area contributed by atoms with Crippen LogP contribution < -0.4 is 10.1 Å². The molecule has 2 aromatic heterocycles. The molecule has 0 saturated heterocycles. The van der Waals surface area contributed by atoms with E-state index in [-0.39, 0.29) is 12.3 Å². The average Bonchev–Trinajstić information content (AvgIpc) is 3.22. The highest BCUT2D eigenvalue weighted by atomic mass is 16.5. The Morgan fingerprint density at radius 2 is 1.89 bits per heavy atom. The summed E-state index contributed by atoms with van der Waals surface area (Å²) in [5.41, 5.74) is 3.68. The van der Waals surface area contributed by atoms with Gasteiger partial charge in [-0.1, -0.05) is 35.0 Å². The van der Waals surface area contributed by atoms with Crippen LogP contribution in [0.4, 0.5) is 5.95 Å². The van der Waals surface area contributed by atoms with E-state index in [0.29, 0.717) is 23.0 Å². The zero-order valence-corrected chi connectivity index (χ0v) is 15.9. The lowest BCUT2D eigenvalue weighted by atomic mass is 10.2. The molecule has 0 radical (unpaired) electrons. The van der Waals surface area contributed by atoms with Gasteiger partial charge in [0.05, 0.1) is 16.6 Å². The van der Waals surface area contributed by atoms with E-state index in [1.165, 1.54) is 0 Å². The summed E-state index contributed by atoms with van der Waals surface area (Å²) in [5.74, 6) is 1.31. The Balaban J connectivity index is 1.54. The van der Waals surface area contributed by atoms with E-state index in [1.54, 1.807) is 6.92 Å². The summed E-state index contributed by atoms with van der Waals surface area (Å²) in [7, 11) is 1.85. The molecule has 142 valence electrons. The molecule has 0 unspecified atom stereocenters. The van der Waals surface area contributed by atoms with E-state index in [1.807, 2.05) is 67.1 Å². The third kappa shape index (κ3) is 3.34. The van der Waals surface area contributed by atoms with E-state index in [9.17, 15) is 4.79 Å². The number of imidazole rings is 1. The van der Waals surface area contributed by atoms with Crippen molar-refractivity contribution in [1.29, 1.82) is 0 Å². The van der Waals surface area contributed by atoms with Gasteiger partial charge in [0.25, 0.3) is 5.91 Å². The van der Waals surface area contributed by atoms with E-state index < -0.39 is 5.91 Å². The first-order valence-electron chi connectivity index (χ1n) is 8.90. The molecule has 0 aliphatic heterocycles. The van der Waals surface area contributed by atoms with Crippen molar-refractivity contribution in [2.24, 2.45) is 7.05 Å². The Morgan fingerprint density at radius 3 is 2.64 bits per heavy atom. The molecule has 7 heteroatoms. The van der Waals surface area contributed by atoms with Gasteiger partial charge >= 0.3 is 0 Å². The van der Waals surface area contributed by atoms with E-state index >= 15 is 0 Å². The van der Waals surface area contributed by atoms with Crippen molar-refractivity contribution in [2.45, 2.75) is 20.5 Å². The predicted octanol–water partition coefficient (Wildman–Crippen LogP) is 4.01. The lowest BCUT2D eigenvalue weighted by Gasteiger charge is -2.07. The number of hydrogen-bond acceptors (Lipinski definition) is 5. The molecule has 4 rings (SSSR count). The van der Waals surface area contributed by atoms with Crippen LogP contribution in [-0.2, 0) is 13.7 Å². The number of para-hydroxylation sites is 2. The molecule has 0 spiro atoms. The number of nitrogens with one attached hydrogen (secondary N) is 1. The minimum atomic E-state index is -0.391. The van der Waals surface area contributed by atoms with E-state index in [4.69, 9.17) is 9.26 Å². The monoisotopic (exact) mass is 376 g/mol. The molecule has 0 atom stereocenters. The number of aromatic nitrogens is 3. The highest BCUT2D eigenvalue weighted by molar-refractivity contribution is 6.03. The standard InChI is InChI=1S/C21H20N4O3/c1-13-8-10-15(11-9-13)27-12-16-14(2)28-24-19(16)20(26)23-21-22-17-6-4-5-7-18(17)25(21)3/h4-11H,12H2,1-3H3,(H,22,23,26). The molecule has 2 aromatic carbocycles. The van der Waals surface area contributed by atoms with Crippen LogP contribution in [0.2, 0.25) is 0 Å². The molecule has 0 saturated carbocycles. The average molecular weight is 376 g/mol. The number of hydrogen-bond donors (Lipinski definition) is 1. The number of nitrogens with zero attached hydrogens (tertiary/aromatic N) is 3. The molecule has 0 bridgehead atoms. The van der Waals surface area contributed by atoms with Crippen molar-refractivity contribution in [3.8, 4) is 5.75 Å². The number of amides is 1. The molecule has 2 heterocycles. The first-order valence-corrected chi connectivity index (χ1v) is 8.90. The number of carbonyl (C=O) groups excluding carboxylic acids is 1. The number of benzene rings is 2. The van der Waals surface area contributed by atoms with Gasteiger partial charge in [0, 0.05) is 7.05 Å². The molecular weight excluding hydrogens is 356 g/mol. The molecule has 4 aromatic rings. The Bertz CT molecular complexity index is 1140. The Hall–Kier alpha value is -3.61. The van der Waals surface area contributed by atoms with Gasteiger partial charge in [-0.2, -0.15) is 0 Å². The lowest BCUT2D eigenvalue weighted by Crippen LogP contribution is -2.17. The van der Waals surface area contributed by atoms with Gasteiger partial charge in [-0.15, -0.1) is 0 Å². The second-order valence-corrected chi connectivity index (χ2v) is 6.60. The van der Waals surface area contributed by atoms with Crippen LogP contribution in [0.25, 0.3) is 11.0 Å². The maximum atomic E-state index is 12.8. The minimum Gasteiger partial charge on any atom is -0.489 e. The van der Waals surface area contributed by atoms with Gasteiger partial charge in [0.15, 0.2) is 5.69 Å². The largest absolute Gasteiger partial charge is 0.489 e. The molecule has 1 N–H and O–H groups in total. The fourth-order valence-electron chi connectivity index (χ4n) is 2.95. The van der Waals surface area contributed by atoms with Crippen LogP contribution in [0.15, 0.2) is 53.1 Å². The SMILES string of the molecule is Cc1ccc(OCc2c(C(=O)Nc3nc4ccccc4n3C)noc2C)cc1. The molecular formula is C21H20N4O3. The molecule has 0 aliphatic carbocycles. The first kappa shape index (κ1) is 17.8. The molecule has 1 amide bonds. The highest BCUT2D eigenvalue weighted by Crippen LogP contribution is 2.21. The quantitative estimate of drug-likeness (QED) is 0.569. The number of anilines is 1. The fraction of sp³-hybridized carbons (Fsp3) is 0.190. The van der Waals surface area contributed by atoms with Crippen LogP contribution in [0.3, 0.4) is 0 Å². The smallest absolute Gasteiger partial charge is 0.280 e. The third-order valence-electron chi connectivity index (χ3n) is 4.62. The summed E-state index contributed by atoms with van der Waals surface area (Å²) >= 11 is 0. The molecule has 7 nitrogen and oxygen atoms in total. The van der Waals surface area contributed by atoms with Gasteiger partial charge in [-0.05, 0) is 38.1 Å². The summed E-state index contributed by atoms with van der Waals surface area (Å²) < 4.78 is 12.9. The van der Waals surface area contributed by atoms with Crippen molar-refractivity contribution in [2.75, 3.05) is 5.32 Å². The lowest BCUT2D eigenvalue weighted by molar-refractivity contribution is 0.101. The van der Waals surface area contributed by atoms with Crippen molar-refractivity contribution in [1.82, 2.24) is 14.7 Å². The van der Waals surface area contributed by atoms with Crippen molar-refractivity contribution >= 4 is 22.9 Å². The van der Waals surface area contributed by atoms with Crippen molar-refractivity contribution in [3.05, 3.63) is 71.1 Å². The summed E-state index contributed by atoms with van der Waals surface area (Å²) in [5, 5.41) is 6.73. The molecule has 0 aliphatic rings. The summed E-state index contributed by atoms with van der Waals surface area (Å²) in [4.78, 5) is 17.2. The second-order valence-electron chi connectivity index (χ2n) is 6.60. The first-order chi connectivity index (χ1) is 13.5. The van der Waals surface area contributed by atoms with Gasteiger partial charge in [-0.25, -0.2) is 4.98 Å². The summed E-state index contributed by atoms with van der Waals surface area (Å²) in [6.45, 7) is 3.95. The zero-order chi connectivity index (χ0) is 19.7. The van der Waals surface area contributed by atoms with Crippen LogP contribution in [-0.4, -0.2) is 20.6 Å². The topological polar surface area (TPSA) is 82.2 Å². The fourth-order valence-corrected chi connectivity index (χ4v) is 2.95. The Kier molecular flexibility index (Phi) is 4.57. The number of ether oxygens (including phenoxy) is 1. The zero-order valence-electron chi connectivity index (χ0n) is 15.9. The summed E-state index contributed by atoms with van der Waals surface area (Å²) in [6.07, 6.45) is 0. The van der Waals surface area contributed by atoms with Crippen LogP contribution in [0, 0.1) is 13.8 Å². The number of fused-ring (bicyclic) bond motifs is 1. The maximum Gasteiger partial charge on any atom is 0.280 e. The van der Waals surface area contributed by atoms with Gasteiger partial charge in [-0.3, -0.25) is 10.1 Å². The van der Waals surface area contributed by atoms with Gasteiger partial charge in [0.1, 0.15) is 18.1 Å². The van der Waals surface area contributed by atoms with Crippen molar-refractivity contribution < 1.29 is 14.1 Å². The second kappa shape index (κ2) is 7.19. The number of aryl methyl sites for hydroxylation is 3. The Morgan fingerprint density at radius 1 is 1.14 bits per heavy atom. The van der Waals surface area contributed by atoms with E-state index in [2.05, 4.69) is 15.5 Å². The highest BCUT2D eigenvalue weighted by Gasteiger charge is 2.22. The normalized spacial score (nSPS) is 11.0. The van der Waals surface area contributed by atoms with Crippen LogP contribution in [0.5, 0.6) is 5.75 Å². The third-order valence-corrected chi connectivity index (χ3v) is 4.62. The molecule has 28 heavy (non-hydrogen) atoms. The van der Waals surface area contributed by atoms with Gasteiger partial charge in [0.2, 0.25) is 5.95 Å². The van der Waals surface area contributed by atoms with Gasteiger partial charge < -0.3 is 13.8 Å². The number of carbonyl (C=O) groups is 1. The minimum absolute atomic E-state index is 0.184. The van der Waals surface area contributed by atoms with Crippen LogP contribution in [0.1, 0.15) is 27.4 Å². The Labute approximate surface area is 161 Å². The predicted molar refractivity (Wildman–Crippen MR) is 105 cm³/mol. The maximum absolute atomic E-state index is 12.8. The van der Waals surface area contributed by atoms with E-state index in [0.717, 1.165) is 16.6 Å². The molecule has 0 fully saturated rings. The number of rotatable bonds is 5. The van der Waals surface area contributed by atoms with Crippen molar-refractivity contribution in [3.63, 3.8) is 0 Å². The van der Waals surface area contributed by atoms with Crippen LogP contribution >= 0.6 is 0 Å².